The lowest BCUT2D eigenvalue weighted by molar-refractivity contribution is -0.142. The summed E-state index contributed by atoms with van der Waals surface area (Å²) in [6.45, 7) is 6.02. The van der Waals surface area contributed by atoms with Crippen molar-refractivity contribution in [1.82, 2.24) is 10.6 Å². The Labute approximate surface area is 166 Å². The van der Waals surface area contributed by atoms with E-state index in [9.17, 15) is 19.5 Å². The summed E-state index contributed by atoms with van der Waals surface area (Å²) in [5.74, 6) is -2.21. The number of nitrogens with zero attached hydrogens (tertiary/aromatic N) is 1. The second-order valence-corrected chi connectivity index (χ2v) is 6.96. The molecule has 0 saturated carbocycles. The van der Waals surface area contributed by atoms with E-state index in [1.54, 1.807) is 0 Å². The van der Waals surface area contributed by atoms with Crippen LogP contribution in [0.5, 0.6) is 0 Å². The predicted octanol–water partition coefficient (Wildman–Crippen LogP) is -0.342. The summed E-state index contributed by atoms with van der Waals surface area (Å²) in [6.07, 6.45) is 3.23. The zero-order chi connectivity index (χ0) is 21.7. The van der Waals surface area contributed by atoms with E-state index in [4.69, 9.17) is 17.2 Å². The molecule has 2 amide bonds. The van der Waals surface area contributed by atoms with Crippen molar-refractivity contribution in [3.63, 3.8) is 0 Å². The van der Waals surface area contributed by atoms with Gasteiger partial charge in [0.15, 0.2) is 5.96 Å². The van der Waals surface area contributed by atoms with Crippen molar-refractivity contribution >= 4 is 23.7 Å². The third kappa shape index (κ3) is 10.1. The van der Waals surface area contributed by atoms with Gasteiger partial charge in [-0.15, -0.1) is 0 Å². The van der Waals surface area contributed by atoms with Crippen molar-refractivity contribution in [3.05, 3.63) is 0 Å². The molecular weight excluding hydrogens is 364 g/mol. The molecular formula is C18H36N6O4. The topological polar surface area (TPSA) is 186 Å². The van der Waals surface area contributed by atoms with Crippen molar-refractivity contribution in [2.75, 3.05) is 6.54 Å². The number of hydrogen-bond donors (Lipinski definition) is 6. The minimum Gasteiger partial charge on any atom is -0.480 e. The SMILES string of the molecule is CCCC[C@H](NC(=O)[C@@H](N)[C@@H](C)CC)C(=O)N[C@H](CCCN=C(N)N)C(=O)O. The van der Waals surface area contributed by atoms with Crippen LogP contribution in [0.25, 0.3) is 0 Å². The summed E-state index contributed by atoms with van der Waals surface area (Å²) < 4.78 is 0. The molecule has 0 aromatic carbocycles. The summed E-state index contributed by atoms with van der Waals surface area (Å²) in [5, 5.41) is 14.5. The summed E-state index contributed by atoms with van der Waals surface area (Å²) in [4.78, 5) is 40.2. The summed E-state index contributed by atoms with van der Waals surface area (Å²) in [7, 11) is 0. The standard InChI is InChI=1S/C18H36N6O4/c1-4-6-8-12(23-16(26)14(19)11(3)5-2)15(25)24-13(17(27)28)9-7-10-22-18(20)21/h11-14H,4-10,19H2,1-3H3,(H,23,26)(H,24,25)(H,27,28)(H4,20,21,22)/t11-,12-,13+,14-/m0/s1. The average molecular weight is 401 g/mol. The van der Waals surface area contributed by atoms with Crippen LogP contribution in [0.2, 0.25) is 0 Å². The third-order valence-corrected chi connectivity index (χ3v) is 4.60. The van der Waals surface area contributed by atoms with Crippen LogP contribution < -0.4 is 27.8 Å². The monoisotopic (exact) mass is 400 g/mol. The lowest BCUT2D eigenvalue weighted by Gasteiger charge is -2.24. The van der Waals surface area contributed by atoms with Crippen molar-refractivity contribution in [3.8, 4) is 0 Å². The van der Waals surface area contributed by atoms with E-state index in [-0.39, 0.29) is 24.8 Å². The molecule has 10 nitrogen and oxygen atoms in total. The van der Waals surface area contributed by atoms with E-state index in [0.29, 0.717) is 19.3 Å². The molecule has 0 heterocycles. The number of nitrogens with one attached hydrogen (secondary N) is 2. The fraction of sp³-hybridized carbons (Fsp3) is 0.778. The van der Waals surface area contributed by atoms with Gasteiger partial charge in [0.1, 0.15) is 12.1 Å². The first kappa shape index (κ1) is 25.6. The highest BCUT2D eigenvalue weighted by Crippen LogP contribution is 2.08. The number of aliphatic carboxylic acids is 1. The number of carbonyl (C=O) groups excluding carboxylic acids is 2. The van der Waals surface area contributed by atoms with Crippen LogP contribution in [-0.2, 0) is 14.4 Å². The average Bonchev–Trinajstić information content (AvgIpc) is 2.65. The summed E-state index contributed by atoms with van der Waals surface area (Å²) >= 11 is 0. The molecule has 0 bridgehead atoms. The highest BCUT2D eigenvalue weighted by Gasteiger charge is 2.28. The Morgan fingerprint density at radius 1 is 1.00 bits per heavy atom. The first-order valence-corrected chi connectivity index (χ1v) is 9.78. The Balaban J connectivity index is 4.97. The van der Waals surface area contributed by atoms with Gasteiger partial charge in [0.25, 0.3) is 0 Å². The van der Waals surface area contributed by atoms with E-state index >= 15 is 0 Å². The molecule has 162 valence electrons. The number of carbonyl (C=O) groups is 3. The lowest BCUT2D eigenvalue weighted by Crippen LogP contribution is -2.55. The van der Waals surface area contributed by atoms with Crippen LogP contribution >= 0.6 is 0 Å². The Hall–Kier alpha value is -2.36. The van der Waals surface area contributed by atoms with Crippen molar-refractivity contribution < 1.29 is 19.5 Å². The van der Waals surface area contributed by atoms with Crippen LogP contribution in [0.15, 0.2) is 4.99 Å². The van der Waals surface area contributed by atoms with Crippen LogP contribution in [0, 0.1) is 5.92 Å². The molecule has 28 heavy (non-hydrogen) atoms. The third-order valence-electron chi connectivity index (χ3n) is 4.60. The summed E-state index contributed by atoms with van der Waals surface area (Å²) in [5.41, 5.74) is 16.4. The van der Waals surface area contributed by atoms with E-state index in [2.05, 4.69) is 15.6 Å². The quantitative estimate of drug-likeness (QED) is 0.131. The number of guanidine groups is 1. The van der Waals surface area contributed by atoms with Crippen LogP contribution in [0.1, 0.15) is 59.3 Å². The van der Waals surface area contributed by atoms with Gasteiger partial charge in [0.05, 0.1) is 6.04 Å². The van der Waals surface area contributed by atoms with Gasteiger partial charge in [-0.1, -0.05) is 40.0 Å². The molecule has 4 atom stereocenters. The smallest absolute Gasteiger partial charge is 0.326 e. The minimum absolute atomic E-state index is 0.0304. The minimum atomic E-state index is -1.16. The molecule has 0 radical (unpaired) electrons. The zero-order valence-corrected chi connectivity index (χ0v) is 17.1. The van der Waals surface area contributed by atoms with Crippen molar-refractivity contribution in [2.45, 2.75) is 77.4 Å². The zero-order valence-electron chi connectivity index (χ0n) is 17.1. The van der Waals surface area contributed by atoms with Crippen LogP contribution in [-0.4, -0.2) is 53.5 Å². The molecule has 0 saturated heterocycles. The Bertz CT molecular complexity index is 536. The number of carboxylic acid groups (broad SMARTS) is 1. The fourth-order valence-electron chi connectivity index (χ4n) is 2.49. The van der Waals surface area contributed by atoms with Gasteiger partial charge in [-0.05, 0) is 25.2 Å². The normalized spacial score (nSPS) is 15.0. The molecule has 0 rings (SSSR count). The fourth-order valence-corrected chi connectivity index (χ4v) is 2.49. The van der Waals surface area contributed by atoms with Gasteiger partial charge in [0.2, 0.25) is 11.8 Å². The number of hydrogen-bond acceptors (Lipinski definition) is 5. The molecule has 0 fully saturated rings. The Kier molecular flexibility index (Phi) is 12.6. The van der Waals surface area contributed by atoms with Gasteiger partial charge in [-0.2, -0.15) is 0 Å². The second-order valence-electron chi connectivity index (χ2n) is 6.96. The van der Waals surface area contributed by atoms with Gasteiger partial charge in [-0.3, -0.25) is 14.6 Å². The Morgan fingerprint density at radius 2 is 1.57 bits per heavy atom. The number of nitrogens with two attached hydrogens (primary N) is 3. The molecule has 0 aliphatic heterocycles. The van der Waals surface area contributed by atoms with Crippen LogP contribution in [0.4, 0.5) is 0 Å². The summed E-state index contributed by atoms with van der Waals surface area (Å²) in [6, 6.07) is -2.65. The maximum atomic E-state index is 12.6. The van der Waals surface area contributed by atoms with E-state index < -0.39 is 35.9 Å². The largest absolute Gasteiger partial charge is 0.480 e. The first-order valence-electron chi connectivity index (χ1n) is 9.78. The first-order chi connectivity index (χ1) is 13.1. The maximum Gasteiger partial charge on any atom is 0.326 e. The molecule has 9 N–H and O–H groups in total. The lowest BCUT2D eigenvalue weighted by atomic mass is 9.98. The molecule has 10 heteroatoms. The van der Waals surface area contributed by atoms with Gasteiger partial charge in [-0.25, -0.2) is 4.79 Å². The van der Waals surface area contributed by atoms with E-state index in [0.717, 1.165) is 12.8 Å². The molecule has 0 unspecified atom stereocenters. The molecule has 0 aromatic heterocycles. The second kappa shape index (κ2) is 13.8. The Morgan fingerprint density at radius 3 is 2.07 bits per heavy atom. The number of aliphatic imine (C=N–C) groups is 1. The number of rotatable bonds is 14. The van der Waals surface area contributed by atoms with E-state index in [1.807, 2.05) is 20.8 Å². The maximum absolute atomic E-state index is 12.6. The molecule has 0 aliphatic carbocycles. The molecule has 0 aromatic rings. The predicted molar refractivity (Wildman–Crippen MR) is 108 cm³/mol. The van der Waals surface area contributed by atoms with Gasteiger partial charge >= 0.3 is 5.97 Å². The number of unbranched alkanes of at least 4 members (excludes halogenated alkanes) is 1. The highest BCUT2D eigenvalue weighted by molar-refractivity contribution is 5.91. The van der Waals surface area contributed by atoms with Crippen molar-refractivity contribution in [1.29, 1.82) is 0 Å². The van der Waals surface area contributed by atoms with Crippen molar-refractivity contribution in [2.24, 2.45) is 28.1 Å². The molecule has 0 spiro atoms. The number of amides is 2. The molecule has 0 aliphatic rings. The van der Waals surface area contributed by atoms with E-state index in [1.165, 1.54) is 0 Å². The highest BCUT2D eigenvalue weighted by atomic mass is 16.4. The van der Waals surface area contributed by atoms with Gasteiger partial charge in [0, 0.05) is 6.54 Å². The van der Waals surface area contributed by atoms with Crippen LogP contribution in [0.3, 0.4) is 0 Å². The number of carboxylic acids is 1. The van der Waals surface area contributed by atoms with Gasteiger partial charge < -0.3 is 32.9 Å².